The smallest absolute Gasteiger partial charge is 0.358 e. The Bertz CT molecular complexity index is 512. The molecular formula is C16H22O7S. The molecule has 24 heavy (non-hydrogen) atoms. The fraction of sp³-hybridized carbons (Fsp3) is 0.562. The van der Waals surface area contributed by atoms with E-state index in [0.717, 1.165) is 6.42 Å². The molecular weight excluding hydrogens is 336 g/mol. The summed E-state index contributed by atoms with van der Waals surface area (Å²) < 4.78 is 21.5. The van der Waals surface area contributed by atoms with Crippen molar-refractivity contribution in [2.45, 2.75) is 44.1 Å². The topological polar surface area (TPSA) is 97.6 Å². The van der Waals surface area contributed by atoms with Gasteiger partial charge in [-0.3, -0.25) is 0 Å². The number of benzene rings is 1. The van der Waals surface area contributed by atoms with Gasteiger partial charge in [0, 0.05) is 18.8 Å². The van der Waals surface area contributed by atoms with Gasteiger partial charge in [-0.2, -0.15) is 0 Å². The van der Waals surface area contributed by atoms with E-state index in [1.54, 1.807) is 24.3 Å². The number of para-hydroxylation sites is 1. The van der Waals surface area contributed by atoms with Gasteiger partial charge in [-0.15, -0.1) is 0 Å². The Morgan fingerprint density at radius 3 is 2.54 bits per heavy atom. The highest BCUT2D eigenvalue weighted by molar-refractivity contribution is 7.79. The molecule has 0 unspecified atom stereocenters. The lowest BCUT2D eigenvalue weighted by Gasteiger charge is -2.41. The fourth-order valence-corrected chi connectivity index (χ4v) is 2.49. The van der Waals surface area contributed by atoms with Crippen molar-refractivity contribution in [3.05, 3.63) is 30.3 Å². The number of aliphatic hydroxyl groups is 3. The van der Waals surface area contributed by atoms with Crippen LogP contribution in [0.15, 0.2) is 30.3 Å². The van der Waals surface area contributed by atoms with Crippen LogP contribution in [0.4, 0.5) is 0 Å². The highest BCUT2D eigenvalue weighted by atomic mass is 32.1. The highest BCUT2D eigenvalue weighted by Gasteiger charge is 2.47. The number of aliphatic hydroxyl groups excluding tert-OH is 3. The molecule has 1 heterocycles. The molecule has 0 aromatic heterocycles. The first kappa shape index (κ1) is 19.0. The molecule has 1 fully saturated rings. The number of hydrogen-bond donors (Lipinski definition) is 3. The van der Waals surface area contributed by atoms with Gasteiger partial charge >= 0.3 is 5.24 Å². The standard InChI is InChI=1S/C16H22O7S/c1-2-8-20-15-13(19)14(12(18)11(9-17)22-15)23-16(24)21-10-6-4-3-5-7-10/h3-7,11-15,17-19H,2,8-9H2,1H3/t11-,12+,13-,14+,15-/m1/s1. The van der Waals surface area contributed by atoms with Crippen molar-refractivity contribution in [1.29, 1.82) is 0 Å². The van der Waals surface area contributed by atoms with Crippen molar-refractivity contribution in [1.82, 2.24) is 0 Å². The third kappa shape index (κ3) is 4.85. The Morgan fingerprint density at radius 1 is 1.21 bits per heavy atom. The Morgan fingerprint density at radius 2 is 1.92 bits per heavy atom. The summed E-state index contributed by atoms with van der Waals surface area (Å²) in [7, 11) is 0. The summed E-state index contributed by atoms with van der Waals surface area (Å²) in [6.45, 7) is 1.81. The average molecular weight is 358 g/mol. The van der Waals surface area contributed by atoms with Crippen LogP contribution in [0, 0.1) is 0 Å². The molecule has 0 bridgehead atoms. The van der Waals surface area contributed by atoms with E-state index < -0.39 is 37.3 Å². The van der Waals surface area contributed by atoms with E-state index in [0.29, 0.717) is 12.4 Å². The van der Waals surface area contributed by atoms with Crippen LogP contribution in [-0.2, 0) is 14.2 Å². The largest absolute Gasteiger partial charge is 0.447 e. The van der Waals surface area contributed by atoms with Gasteiger partial charge in [-0.25, -0.2) is 0 Å². The summed E-state index contributed by atoms with van der Waals surface area (Å²) >= 11 is 5.01. The summed E-state index contributed by atoms with van der Waals surface area (Å²) in [5.74, 6) is 0.469. The minimum absolute atomic E-state index is 0.253. The van der Waals surface area contributed by atoms with Crippen molar-refractivity contribution in [3.63, 3.8) is 0 Å². The lowest BCUT2D eigenvalue weighted by molar-refractivity contribution is -0.299. The Kier molecular flexibility index (Phi) is 7.35. The first-order valence-corrected chi connectivity index (χ1v) is 8.15. The molecule has 1 aromatic rings. The summed E-state index contributed by atoms with van der Waals surface area (Å²) in [5, 5.41) is 29.6. The van der Waals surface area contributed by atoms with Gasteiger partial charge in [0.15, 0.2) is 12.4 Å². The van der Waals surface area contributed by atoms with Crippen LogP contribution in [0.3, 0.4) is 0 Å². The maximum atomic E-state index is 10.3. The van der Waals surface area contributed by atoms with Crippen molar-refractivity contribution < 1.29 is 34.3 Å². The van der Waals surface area contributed by atoms with Gasteiger partial charge in [0.1, 0.15) is 24.1 Å². The summed E-state index contributed by atoms with van der Waals surface area (Å²) in [4.78, 5) is 0. The molecule has 134 valence electrons. The zero-order chi connectivity index (χ0) is 17.5. The Hall–Kier alpha value is -1.29. The summed E-state index contributed by atoms with van der Waals surface area (Å²) in [5.41, 5.74) is 0. The molecule has 5 atom stereocenters. The minimum Gasteiger partial charge on any atom is -0.447 e. The number of ether oxygens (including phenoxy) is 4. The van der Waals surface area contributed by atoms with E-state index in [-0.39, 0.29) is 5.24 Å². The van der Waals surface area contributed by atoms with Gasteiger partial charge < -0.3 is 34.3 Å². The molecule has 0 aliphatic carbocycles. The van der Waals surface area contributed by atoms with Crippen LogP contribution < -0.4 is 4.74 Å². The van der Waals surface area contributed by atoms with E-state index in [1.807, 2.05) is 13.0 Å². The number of hydrogen-bond acceptors (Lipinski definition) is 8. The second-order valence-corrected chi connectivity index (χ2v) is 5.66. The van der Waals surface area contributed by atoms with Crippen LogP contribution in [-0.4, -0.2) is 64.5 Å². The lowest BCUT2D eigenvalue weighted by atomic mass is 9.99. The van der Waals surface area contributed by atoms with Gasteiger partial charge in [0.2, 0.25) is 0 Å². The predicted octanol–water partition coefficient (Wildman–Crippen LogP) is 0.601. The third-order valence-electron chi connectivity index (χ3n) is 3.48. The lowest BCUT2D eigenvalue weighted by Crippen LogP contribution is -2.60. The summed E-state index contributed by atoms with van der Waals surface area (Å²) in [6, 6.07) is 8.75. The summed E-state index contributed by atoms with van der Waals surface area (Å²) in [6.07, 6.45) is -4.99. The Balaban J connectivity index is 2.02. The van der Waals surface area contributed by atoms with E-state index in [4.69, 9.17) is 31.2 Å². The first-order valence-electron chi connectivity index (χ1n) is 7.74. The highest BCUT2D eigenvalue weighted by Crippen LogP contribution is 2.25. The molecule has 0 spiro atoms. The minimum atomic E-state index is -1.29. The van der Waals surface area contributed by atoms with E-state index >= 15 is 0 Å². The molecule has 0 radical (unpaired) electrons. The SMILES string of the molecule is CCCO[C@@H]1O[C@H](CO)[C@H](O)[C@H](OC(=S)Oc2ccccc2)[C@H]1O. The van der Waals surface area contributed by atoms with Crippen LogP contribution in [0.5, 0.6) is 5.75 Å². The van der Waals surface area contributed by atoms with Crippen LogP contribution in [0.1, 0.15) is 13.3 Å². The number of rotatable bonds is 6. The first-order chi connectivity index (χ1) is 11.6. The molecule has 1 aliphatic rings. The molecule has 0 saturated carbocycles. The van der Waals surface area contributed by atoms with Crippen LogP contribution >= 0.6 is 12.2 Å². The number of thiocarbonyl (C=S) groups is 1. The van der Waals surface area contributed by atoms with Gasteiger partial charge in [-0.1, -0.05) is 25.1 Å². The van der Waals surface area contributed by atoms with E-state index in [2.05, 4.69) is 0 Å². The second kappa shape index (κ2) is 9.26. The molecule has 1 saturated heterocycles. The van der Waals surface area contributed by atoms with Gasteiger partial charge in [0.25, 0.3) is 0 Å². The maximum absolute atomic E-state index is 10.3. The van der Waals surface area contributed by atoms with E-state index in [1.165, 1.54) is 0 Å². The Labute approximate surface area is 145 Å². The molecule has 3 N–H and O–H groups in total. The van der Waals surface area contributed by atoms with Crippen molar-refractivity contribution in [2.75, 3.05) is 13.2 Å². The normalized spacial score (nSPS) is 29.9. The second-order valence-electron chi connectivity index (χ2n) is 5.33. The van der Waals surface area contributed by atoms with Gasteiger partial charge in [-0.05, 0) is 18.6 Å². The van der Waals surface area contributed by atoms with Crippen LogP contribution in [0.25, 0.3) is 0 Å². The molecule has 7 nitrogen and oxygen atoms in total. The molecule has 8 heteroatoms. The molecule has 0 amide bonds. The molecule has 2 rings (SSSR count). The zero-order valence-electron chi connectivity index (χ0n) is 13.3. The average Bonchev–Trinajstić information content (AvgIpc) is 2.59. The third-order valence-corrected chi connectivity index (χ3v) is 3.66. The predicted molar refractivity (Wildman–Crippen MR) is 88.5 cm³/mol. The van der Waals surface area contributed by atoms with Crippen molar-refractivity contribution in [2.24, 2.45) is 0 Å². The van der Waals surface area contributed by atoms with Crippen molar-refractivity contribution >= 4 is 17.5 Å². The molecule has 1 aliphatic heterocycles. The zero-order valence-corrected chi connectivity index (χ0v) is 14.1. The van der Waals surface area contributed by atoms with Gasteiger partial charge in [0.05, 0.1) is 6.61 Å². The van der Waals surface area contributed by atoms with Crippen molar-refractivity contribution in [3.8, 4) is 5.75 Å². The van der Waals surface area contributed by atoms with Crippen LogP contribution in [0.2, 0.25) is 0 Å². The molecule has 1 aromatic carbocycles. The maximum Gasteiger partial charge on any atom is 0.358 e. The quantitative estimate of drug-likeness (QED) is 0.636. The fourth-order valence-electron chi connectivity index (χ4n) is 2.28. The monoisotopic (exact) mass is 358 g/mol. The van der Waals surface area contributed by atoms with E-state index in [9.17, 15) is 15.3 Å².